The second kappa shape index (κ2) is 1.97. The molecule has 2 radical (unpaired) electrons. The van der Waals surface area contributed by atoms with Crippen LogP contribution < -0.4 is 9.45 Å². The van der Waals surface area contributed by atoms with Gasteiger partial charge in [0.1, 0.15) is 0 Å². The summed E-state index contributed by atoms with van der Waals surface area (Å²) in [5, 5.41) is 6.31. The number of nitrogens with zero attached hydrogens (tertiary/aromatic N) is 2. The predicted molar refractivity (Wildman–Crippen MR) is 27.2 cm³/mol. The Labute approximate surface area is 56.9 Å². The van der Waals surface area contributed by atoms with E-state index in [0.717, 1.165) is 0 Å². The monoisotopic (exact) mass is 227 g/mol. The van der Waals surface area contributed by atoms with Crippen LogP contribution in [0.4, 0.5) is 0 Å². The Morgan fingerprint density at radius 3 is 2.29 bits per heavy atom. The maximum atomic E-state index is 3.83. The first-order valence-electron chi connectivity index (χ1n) is 1.55. The molecule has 1 N–H and O–H groups in total. The Hall–Kier alpha value is 0.179. The zero-order valence-electron chi connectivity index (χ0n) is 3.21. The minimum absolute atomic E-state index is 0.647. The summed E-state index contributed by atoms with van der Waals surface area (Å²) in [4.78, 5) is 3.83. The average Bonchev–Trinajstić information content (AvgIpc) is 1.87. The summed E-state index contributed by atoms with van der Waals surface area (Å²) in [6, 6.07) is 0. The van der Waals surface area contributed by atoms with Gasteiger partial charge in [-0.3, -0.25) is 0 Å². The molecule has 0 atom stereocenters. The second-order valence-electron chi connectivity index (χ2n) is 0.923. The molecule has 1 aromatic heterocycles. The van der Waals surface area contributed by atoms with Crippen molar-refractivity contribution in [2.45, 2.75) is 0 Å². The Balaban J connectivity index is 3.04. The summed E-state index contributed by atoms with van der Waals surface area (Å²) in [7, 11) is 0. The number of H-pyrrole nitrogens is 1. The summed E-state index contributed by atoms with van der Waals surface area (Å²) < 4.78 is 1.36. The molecule has 1 aromatic rings. The summed E-state index contributed by atoms with van der Waals surface area (Å²) >= 11 is 5.32. The average molecular weight is 225 g/mol. The van der Waals surface area contributed by atoms with Crippen molar-refractivity contribution >= 4 is 41.5 Å². The Morgan fingerprint density at radius 1 is 1.43 bits per heavy atom. The van der Waals surface area contributed by atoms with Gasteiger partial charge < -0.3 is 0 Å². The molecule has 1 rings (SSSR count). The fourth-order valence-corrected chi connectivity index (χ4v) is 1.09. The third-order valence-electron chi connectivity index (χ3n) is 0.444. The van der Waals surface area contributed by atoms with E-state index < -0.39 is 0 Å². The molecule has 0 saturated heterocycles. The predicted octanol–water partition coefficient (Wildman–Crippen LogP) is -2.61. The van der Waals surface area contributed by atoms with Crippen LogP contribution in [0, 0.1) is 0 Å². The van der Waals surface area contributed by atoms with E-state index in [4.69, 9.17) is 0 Å². The van der Waals surface area contributed by atoms with Crippen LogP contribution in [-0.2, 0) is 0 Å². The van der Waals surface area contributed by atoms with Crippen LogP contribution in [0.2, 0.25) is 0 Å². The molecule has 0 unspecified atom stereocenters. The molecule has 1 heterocycles. The van der Waals surface area contributed by atoms with Gasteiger partial charge in [-0.1, -0.05) is 0 Å². The molecule has 0 spiro atoms. The number of nitrogens with one attached hydrogen (secondary N) is 1. The van der Waals surface area contributed by atoms with E-state index in [2.05, 4.69) is 47.2 Å². The van der Waals surface area contributed by atoms with Gasteiger partial charge in [-0.2, -0.15) is 0 Å². The van der Waals surface area contributed by atoms with Crippen molar-refractivity contribution < 1.29 is 0 Å². The van der Waals surface area contributed by atoms with E-state index >= 15 is 0 Å². The Kier molecular flexibility index (Phi) is 1.49. The third-order valence-corrected chi connectivity index (χ3v) is 1.21. The minimum atomic E-state index is 0.647. The van der Waals surface area contributed by atoms with E-state index in [1.54, 1.807) is 0 Å². The molecule has 5 heteroatoms. The first kappa shape index (κ1) is 5.32. The third kappa shape index (κ3) is 1.28. The van der Waals surface area contributed by atoms with Crippen molar-refractivity contribution in [2.24, 2.45) is 0 Å². The molecule has 0 bridgehead atoms. The molecule has 0 aliphatic heterocycles. The summed E-state index contributed by atoms with van der Waals surface area (Å²) in [6.07, 6.45) is 0. The van der Waals surface area contributed by atoms with Crippen LogP contribution in [0.3, 0.4) is 0 Å². The first-order chi connectivity index (χ1) is 3.29. The van der Waals surface area contributed by atoms with Crippen LogP contribution in [0.1, 0.15) is 0 Å². The second-order valence-corrected chi connectivity index (χ2v) is 2.50. The van der Waals surface area contributed by atoms with Gasteiger partial charge in [0.15, 0.2) is 0 Å². The van der Waals surface area contributed by atoms with Crippen molar-refractivity contribution in [2.75, 3.05) is 0 Å². The van der Waals surface area contributed by atoms with E-state index in [9.17, 15) is 0 Å². The van der Waals surface area contributed by atoms with Gasteiger partial charge >= 0.3 is 56.7 Å². The molecule has 0 saturated carbocycles. The van der Waals surface area contributed by atoms with E-state index in [1.165, 1.54) is 0 Å². The standard InChI is InChI=1S/C2HN3Se2/c6-1-3-2(7)5-4-1/h(H,3,4,5). The molecule has 7 heavy (non-hydrogen) atoms. The molecular formula is C2HN3Se2. The molecular weight excluding hydrogens is 224 g/mol. The molecule has 36 valence electrons. The molecule has 3 nitrogen and oxygen atoms in total. The summed E-state index contributed by atoms with van der Waals surface area (Å²) in [6.45, 7) is 0. The van der Waals surface area contributed by atoms with Gasteiger partial charge in [-0.05, 0) is 0 Å². The van der Waals surface area contributed by atoms with Crippen LogP contribution in [0.15, 0.2) is 0 Å². The van der Waals surface area contributed by atoms with Gasteiger partial charge in [0, 0.05) is 0 Å². The van der Waals surface area contributed by atoms with Crippen molar-refractivity contribution in [3.8, 4) is 0 Å². The SMILES string of the molecule is [Se]c1n[nH]c([Se])n1. The van der Waals surface area contributed by atoms with Gasteiger partial charge in [-0.25, -0.2) is 0 Å². The number of aromatic nitrogens is 3. The Bertz CT molecular complexity index is 143. The summed E-state index contributed by atoms with van der Waals surface area (Å²) in [5.74, 6) is 0. The molecule has 0 fully saturated rings. The topological polar surface area (TPSA) is 41.6 Å². The maximum absolute atomic E-state index is 3.83. The summed E-state index contributed by atoms with van der Waals surface area (Å²) in [5.41, 5.74) is 0. The molecule has 0 amide bonds. The van der Waals surface area contributed by atoms with Crippen LogP contribution in [0.25, 0.3) is 0 Å². The number of hydrogen-bond donors (Lipinski definition) is 1. The van der Waals surface area contributed by atoms with Crippen molar-refractivity contribution in [3.05, 3.63) is 0 Å². The van der Waals surface area contributed by atoms with Crippen LogP contribution in [0.5, 0.6) is 0 Å². The zero-order valence-corrected chi connectivity index (χ0v) is 6.64. The number of aromatic amines is 1. The van der Waals surface area contributed by atoms with Gasteiger partial charge in [0.05, 0.1) is 0 Å². The van der Waals surface area contributed by atoms with Gasteiger partial charge in [-0.15, -0.1) is 0 Å². The van der Waals surface area contributed by atoms with Crippen molar-refractivity contribution in [1.29, 1.82) is 0 Å². The van der Waals surface area contributed by atoms with E-state index in [1.807, 2.05) is 0 Å². The van der Waals surface area contributed by atoms with E-state index in [-0.39, 0.29) is 0 Å². The molecule has 0 aromatic carbocycles. The van der Waals surface area contributed by atoms with E-state index in [0.29, 0.717) is 9.45 Å². The van der Waals surface area contributed by atoms with Crippen molar-refractivity contribution in [3.63, 3.8) is 0 Å². The Morgan fingerprint density at radius 2 is 2.14 bits per heavy atom. The van der Waals surface area contributed by atoms with Gasteiger partial charge in [0.25, 0.3) is 0 Å². The van der Waals surface area contributed by atoms with Crippen molar-refractivity contribution in [1.82, 2.24) is 15.2 Å². The van der Waals surface area contributed by atoms with Crippen LogP contribution in [-0.4, -0.2) is 47.2 Å². The normalized spacial score (nSPS) is 9.14. The van der Waals surface area contributed by atoms with Crippen LogP contribution >= 0.6 is 0 Å². The first-order valence-corrected chi connectivity index (χ1v) is 3.27. The number of rotatable bonds is 0. The van der Waals surface area contributed by atoms with Gasteiger partial charge in [0.2, 0.25) is 0 Å². The number of hydrogen-bond acceptors (Lipinski definition) is 2. The molecule has 0 aliphatic carbocycles. The zero-order chi connectivity index (χ0) is 5.28. The fraction of sp³-hybridized carbons (Fsp3) is 0. The fourth-order valence-electron chi connectivity index (χ4n) is 0.233. The molecule has 0 aliphatic rings. The quantitative estimate of drug-likeness (QED) is 0.491.